The van der Waals surface area contributed by atoms with Gasteiger partial charge in [-0.1, -0.05) is 0 Å². The van der Waals surface area contributed by atoms with Crippen molar-refractivity contribution in [2.45, 2.75) is 0 Å². The van der Waals surface area contributed by atoms with Crippen molar-refractivity contribution in [1.82, 2.24) is 6.15 Å². The van der Waals surface area contributed by atoms with E-state index in [0.717, 1.165) is 0 Å². The first-order valence-corrected chi connectivity index (χ1v) is 0. The van der Waals surface area contributed by atoms with E-state index in [-0.39, 0.29) is 59.9 Å². The third-order valence-electron chi connectivity index (χ3n) is 0. The van der Waals surface area contributed by atoms with Gasteiger partial charge >= 0.3 is 0 Å². The normalized spacial score (nSPS) is 0. The van der Waals surface area contributed by atoms with Gasteiger partial charge in [0.25, 0.3) is 0 Å². The Labute approximate surface area is 59.7 Å². The Balaban J connectivity index is 0. The van der Waals surface area contributed by atoms with E-state index in [1.54, 1.807) is 0 Å². The van der Waals surface area contributed by atoms with Crippen LogP contribution in [0.25, 0.3) is 0 Å². The zero-order valence-corrected chi connectivity index (χ0v) is 6.68. The Kier molecular flexibility index (Phi) is 276. The molecule has 4 radical (unpaired) electrons. The molecule has 0 aromatic rings. The summed E-state index contributed by atoms with van der Waals surface area (Å²) in [6.07, 6.45) is 0. The molecule has 0 saturated carbocycles. The number of rotatable bonds is 0. The Morgan fingerprint density at radius 1 is 1.00 bits per heavy atom. The van der Waals surface area contributed by atoms with Crippen molar-refractivity contribution in [2.24, 2.45) is 0 Å². The molecule has 0 atom stereocenters. The average Bonchev–Trinajstić information content (AvgIpc) is 0. The second-order valence-electron chi connectivity index (χ2n) is 0. The molecule has 0 bridgehead atoms. The fraction of sp³-hybridized carbons (Fsp3) is 0. The van der Waals surface area contributed by atoms with Crippen molar-refractivity contribution in [3.63, 3.8) is 0 Å². The van der Waals surface area contributed by atoms with Gasteiger partial charge in [0.1, 0.15) is 0 Å². The van der Waals surface area contributed by atoms with E-state index in [9.17, 15) is 0 Å². The molecule has 0 heterocycles. The first kappa shape index (κ1) is 46.9. The third-order valence-corrected chi connectivity index (χ3v) is 0. The largest absolute Gasteiger partial charge is 0.344 e. The minimum atomic E-state index is 0. The van der Waals surface area contributed by atoms with Gasteiger partial charge in [-0.3, -0.25) is 0 Å². The van der Waals surface area contributed by atoms with E-state index in [4.69, 9.17) is 0 Å². The zero-order chi connectivity index (χ0) is 0. The maximum atomic E-state index is 0. The van der Waals surface area contributed by atoms with Crippen LogP contribution >= 0.6 is 0 Å². The van der Waals surface area contributed by atoms with Gasteiger partial charge in [-0.2, -0.15) is 0 Å². The summed E-state index contributed by atoms with van der Waals surface area (Å²) in [4.78, 5) is 0. The van der Waals surface area contributed by atoms with Gasteiger partial charge in [0.05, 0.1) is 0 Å². The average molecular weight is 189 g/mol. The number of hydrogen-bond donors (Lipinski definition) is 1. The van der Waals surface area contributed by atoms with Gasteiger partial charge < -0.3 is 6.15 Å². The molecule has 0 saturated heterocycles. The molecule has 0 aliphatic carbocycles. The molecule has 3 N–H and O–H groups in total. The molecule has 4 heteroatoms. The van der Waals surface area contributed by atoms with Crippen molar-refractivity contribution in [2.75, 3.05) is 0 Å². The summed E-state index contributed by atoms with van der Waals surface area (Å²) in [7, 11) is 0. The zero-order valence-electron chi connectivity index (χ0n) is 2.12. The Hall–Kier alpha value is 1.58. The van der Waals surface area contributed by atoms with E-state index < -0.39 is 0 Å². The van der Waals surface area contributed by atoms with Crippen LogP contribution in [0.1, 0.15) is 0 Å². The van der Waals surface area contributed by atoms with Crippen molar-refractivity contribution in [3.8, 4) is 0 Å². The van der Waals surface area contributed by atoms with Crippen molar-refractivity contribution in [3.05, 3.63) is 0 Å². The van der Waals surface area contributed by atoms with Crippen molar-refractivity contribution in [1.29, 1.82) is 0 Å². The smallest absolute Gasteiger partial charge is 0 e. The van der Waals surface area contributed by atoms with Crippen LogP contribution < -0.4 is 6.15 Å². The minimum absolute atomic E-state index is 0. The molecule has 1 nitrogen and oxygen atoms in total. The summed E-state index contributed by atoms with van der Waals surface area (Å²) in [5.41, 5.74) is 0. The Morgan fingerprint density at radius 2 is 1.00 bits per heavy atom. The van der Waals surface area contributed by atoms with Crippen LogP contribution in [0.2, 0.25) is 0 Å². The quantitative estimate of drug-likeness (QED) is 0.525. The standard InChI is InChI=1S/Mo.H3N.Si.Ti/h;1H3;;. The topological polar surface area (TPSA) is 35.0 Å². The van der Waals surface area contributed by atoms with Crippen LogP contribution in [0.4, 0.5) is 0 Å². The molecular weight excluding hydrogens is 186 g/mol. The predicted octanol–water partition coefficient (Wildman–Crippen LogP) is -0.224. The van der Waals surface area contributed by atoms with Gasteiger partial charge in [0.15, 0.2) is 0 Å². The molecule has 0 unspecified atom stereocenters. The van der Waals surface area contributed by atoms with Crippen LogP contribution in [0.3, 0.4) is 0 Å². The van der Waals surface area contributed by atoms with E-state index in [2.05, 4.69) is 0 Å². The maximum absolute atomic E-state index is 0. The Morgan fingerprint density at radius 3 is 1.00 bits per heavy atom. The predicted molar refractivity (Wildman–Crippen MR) is 10.8 cm³/mol. The monoisotopic (exact) mass is 191 g/mol. The second kappa shape index (κ2) is 23.5. The molecule has 0 aliphatic heterocycles. The summed E-state index contributed by atoms with van der Waals surface area (Å²) in [6.45, 7) is 0. The van der Waals surface area contributed by atoms with E-state index >= 15 is 0 Å². The first-order chi connectivity index (χ1) is 0. The first-order valence-electron chi connectivity index (χ1n) is 0. The molecule has 0 spiro atoms. The fourth-order valence-corrected chi connectivity index (χ4v) is 0. The summed E-state index contributed by atoms with van der Waals surface area (Å²) in [6, 6.07) is 0. The molecule has 0 rings (SSSR count). The Bertz CT molecular complexity index is 8.00. The molecule has 0 aromatic carbocycles. The van der Waals surface area contributed by atoms with Crippen LogP contribution in [-0.4, -0.2) is 11.0 Å². The molecule has 4 heavy (non-hydrogen) atoms. The van der Waals surface area contributed by atoms with Crippen LogP contribution in [0.5, 0.6) is 0 Å². The fourth-order valence-electron chi connectivity index (χ4n) is 0. The summed E-state index contributed by atoms with van der Waals surface area (Å²) >= 11 is 0. The summed E-state index contributed by atoms with van der Waals surface area (Å²) < 4.78 is 0. The van der Waals surface area contributed by atoms with Crippen LogP contribution in [0, 0.1) is 0 Å². The van der Waals surface area contributed by atoms with E-state index in [0.29, 0.717) is 0 Å². The van der Waals surface area contributed by atoms with Gasteiger partial charge in [0.2, 0.25) is 0 Å². The van der Waals surface area contributed by atoms with Gasteiger partial charge in [-0.25, -0.2) is 0 Å². The molecule has 22 valence electrons. The van der Waals surface area contributed by atoms with Gasteiger partial charge in [0, 0.05) is 53.7 Å². The molecular formula is H3MoNSiTi. The third kappa shape index (κ3) is 9.55. The summed E-state index contributed by atoms with van der Waals surface area (Å²) in [5, 5.41) is 0. The van der Waals surface area contributed by atoms with Crippen LogP contribution in [-0.2, 0) is 42.8 Å². The number of hydrogen-bond acceptors (Lipinski definition) is 1. The van der Waals surface area contributed by atoms with Crippen molar-refractivity contribution < 1.29 is 42.8 Å². The molecule has 0 aromatic heterocycles. The maximum Gasteiger partial charge on any atom is 0 e. The SMILES string of the molecule is N.[Mo].[Si].[Ti]. The molecule has 0 amide bonds. The van der Waals surface area contributed by atoms with Gasteiger partial charge in [-0.05, 0) is 0 Å². The van der Waals surface area contributed by atoms with E-state index in [1.807, 2.05) is 0 Å². The van der Waals surface area contributed by atoms with Crippen molar-refractivity contribution >= 4 is 11.0 Å². The van der Waals surface area contributed by atoms with Gasteiger partial charge in [-0.15, -0.1) is 0 Å². The molecule has 0 fully saturated rings. The van der Waals surface area contributed by atoms with E-state index in [1.165, 1.54) is 0 Å². The minimum Gasteiger partial charge on any atom is -0.344 e. The summed E-state index contributed by atoms with van der Waals surface area (Å²) in [5.74, 6) is 0. The molecule has 0 aliphatic rings. The second-order valence-corrected chi connectivity index (χ2v) is 0. The van der Waals surface area contributed by atoms with Crippen LogP contribution in [0.15, 0.2) is 0 Å².